The molecule has 21 heavy (non-hydrogen) atoms. The molecule has 1 fully saturated rings. The predicted octanol–water partition coefficient (Wildman–Crippen LogP) is 1.77. The molecule has 5 heteroatoms. The van der Waals surface area contributed by atoms with Crippen molar-refractivity contribution in [1.29, 1.82) is 0 Å². The van der Waals surface area contributed by atoms with Crippen molar-refractivity contribution in [3.63, 3.8) is 0 Å². The molecule has 0 aromatic heterocycles. The molecule has 1 saturated heterocycles. The molecule has 4 nitrogen and oxygen atoms in total. The van der Waals surface area contributed by atoms with Crippen molar-refractivity contribution < 1.29 is 14.2 Å². The van der Waals surface area contributed by atoms with Gasteiger partial charge in [-0.25, -0.2) is 4.39 Å². The van der Waals surface area contributed by atoms with Crippen molar-refractivity contribution in [1.82, 2.24) is 5.32 Å². The Bertz CT molecular complexity index is 456. The van der Waals surface area contributed by atoms with Crippen LogP contribution >= 0.6 is 0 Å². The standard InChI is InChI=1S/C16H25FN2O2/c1-12-5-7-19(11-16(12)20)15-4-3-13(9-14(15)17)10-18-6-8-21-2/h3-4,9,12,16,18,20H,5-8,10-11H2,1-2H3. The Balaban J connectivity index is 1.95. The van der Waals surface area contributed by atoms with Crippen molar-refractivity contribution >= 4 is 5.69 Å². The SMILES string of the molecule is COCCNCc1ccc(N2CCC(C)C(O)C2)c(F)c1. The zero-order chi connectivity index (χ0) is 15.2. The minimum Gasteiger partial charge on any atom is -0.391 e. The lowest BCUT2D eigenvalue weighted by Crippen LogP contribution is -2.43. The summed E-state index contributed by atoms with van der Waals surface area (Å²) in [5.41, 5.74) is 1.50. The molecule has 2 N–H and O–H groups in total. The topological polar surface area (TPSA) is 44.7 Å². The minimum atomic E-state index is -0.381. The summed E-state index contributed by atoms with van der Waals surface area (Å²) in [4.78, 5) is 1.93. The first-order valence-electron chi connectivity index (χ1n) is 7.53. The van der Waals surface area contributed by atoms with Gasteiger partial charge in [0.2, 0.25) is 0 Å². The summed E-state index contributed by atoms with van der Waals surface area (Å²) in [6.45, 7) is 5.35. The highest BCUT2D eigenvalue weighted by atomic mass is 19.1. The smallest absolute Gasteiger partial charge is 0.146 e. The number of aliphatic hydroxyl groups excluding tert-OH is 1. The predicted molar refractivity (Wildman–Crippen MR) is 82.0 cm³/mol. The first-order valence-corrected chi connectivity index (χ1v) is 7.53. The largest absolute Gasteiger partial charge is 0.391 e. The Morgan fingerprint density at radius 3 is 2.95 bits per heavy atom. The van der Waals surface area contributed by atoms with Crippen LogP contribution in [-0.2, 0) is 11.3 Å². The molecular formula is C16H25FN2O2. The van der Waals surface area contributed by atoms with Crippen LogP contribution in [0.1, 0.15) is 18.9 Å². The van der Waals surface area contributed by atoms with Crippen LogP contribution in [0.5, 0.6) is 0 Å². The van der Waals surface area contributed by atoms with Gasteiger partial charge in [0.1, 0.15) is 5.82 Å². The van der Waals surface area contributed by atoms with Crippen LogP contribution in [0.4, 0.5) is 10.1 Å². The monoisotopic (exact) mass is 296 g/mol. The normalized spacial score (nSPS) is 22.6. The molecule has 0 spiro atoms. The van der Waals surface area contributed by atoms with Crippen LogP contribution in [0.25, 0.3) is 0 Å². The third-order valence-electron chi connectivity index (χ3n) is 4.08. The highest BCUT2D eigenvalue weighted by Gasteiger charge is 2.25. The number of halogens is 1. The highest BCUT2D eigenvalue weighted by Crippen LogP contribution is 2.26. The highest BCUT2D eigenvalue weighted by molar-refractivity contribution is 5.49. The van der Waals surface area contributed by atoms with Gasteiger partial charge >= 0.3 is 0 Å². The molecule has 2 rings (SSSR count). The Labute approximate surface area is 125 Å². The quantitative estimate of drug-likeness (QED) is 0.785. The second kappa shape index (κ2) is 7.73. The van der Waals surface area contributed by atoms with Crippen molar-refractivity contribution in [2.45, 2.75) is 26.0 Å². The number of nitrogens with zero attached hydrogens (tertiary/aromatic N) is 1. The number of nitrogens with one attached hydrogen (secondary N) is 1. The summed E-state index contributed by atoms with van der Waals surface area (Å²) < 4.78 is 19.2. The number of methoxy groups -OCH3 is 1. The Morgan fingerprint density at radius 1 is 1.48 bits per heavy atom. The van der Waals surface area contributed by atoms with E-state index in [1.54, 1.807) is 13.2 Å². The third kappa shape index (κ3) is 4.40. The van der Waals surface area contributed by atoms with Gasteiger partial charge < -0.3 is 20.1 Å². The van der Waals surface area contributed by atoms with E-state index in [9.17, 15) is 9.50 Å². The Hall–Kier alpha value is -1.17. The van der Waals surface area contributed by atoms with Crippen LogP contribution in [0.15, 0.2) is 18.2 Å². The molecule has 0 radical (unpaired) electrons. The molecule has 2 unspecified atom stereocenters. The van der Waals surface area contributed by atoms with Crippen molar-refractivity contribution in [2.75, 3.05) is 38.3 Å². The maximum Gasteiger partial charge on any atom is 0.146 e. The number of β-amino-alcohol motifs (C(OH)–C–C–N with tert-alkyl or cyclic N) is 1. The van der Waals surface area contributed by atoms with Gasteiger partial charge in [-0.15, -0.1) is 0 Å². The molecule has 0 aliphatic carbocycles. The molecule has 0 amide bonds. The average Bonchev–Trinajstić information content (AvgIpc) is 2.47. The molecule has 1 aromatic carbocycles. The van der Waals surface area contributed by atoms with E-state index in [2.05, 4.69) is 5.32 Å². The van der Waals surface area contributed by atoms with Crippen LogP contribution in [-0.4, -0.2) is 44.6 Å². The van der Waals surface area contributed by atoms with E-state index in [4.69, 9.17) is 4.74 Å². The van der Waals surface area contributed by atoms with Crippen molar-refractivity contribution in [3.05, 3.63) is 29.6 Å². The molecule has 0 saturated carbocycles. The zero-order valence-electron chi connectivity index (χ0n) is 12.8. The lowest BCUT2D eigenvalue weighted by Gasteiger charge is -2.36. The van der Waals surface area contributed by atoms with Crippen LogP contribution in [0.3, 0.4) is 0 Å². The number of piperidine rings is 1. The second-order valence-electron chi connectivity index (χ2n) is 5.73. The van der Waals surface area contributed by atoms with Gasteiger partial charge in [0.25, 0.3) is 0 Å². The van der Waals surface area contributed by atoms with Gasteiger partial charge in [-0.2, -0.15) is 0 Å². The first-order chi connectivity index (χ1) is 10.1. The summed E-state index contributed by atoms with van der Waals surface area (Å²) in [7, 11) is 1.66. The molecule has 118 valence electrons. The van der Waals surface area contributed by atoms with Crippen LogP contribution in [0, 0.1) is 11.7 Å². The molecular weight excluding hydrogens is 271 g/mol. The van der Waals surface area contributed by atoms with E-state index in [1.807, 2.05) is 24.0 Å². The van der Waals surface area contributed by atoms with Crippen LogP contribution < -0.4 is 10.2 Å². The summed E-state index contributed by atoms with van der Waals surface area (Å²) in [5, 5.41) is 13.1. The van der Waals surface area contributed by atoms with Crippen molar-refractivity contribution in [3.8, 4) is 0 Å². The molecule has 1 heterocycles. The van der Waals surface area contributed by atoms with Gasteiger partial charge in [-0.05, 0) is 30.0 Å². The fourth-order valence-corrected chi connectivity index (χ4v) is 2.59. The molecule has 1 aromatic rings. The van der Waals surface area contributed by atoms with Gasteiger partial charge in [0, 0.05) is 33.3 Å². The van der Waals surface area contributed by atoms with Crippen LogP contribution in [0.2, 0.25) is 0 Å². The lowest BCUT2D eigenvalue weighted by atomic mass is 9.95. The van der Waals surface area contributed by atoms with E-state index in [0.717, 1.165) is 25.1 Å². The van der Waals surface area contributed by atoms with Crippen molar-refractivity contribution in [2.24, 2.45) is 5.92 Å². The Kier molecular flexibility index (Phi) is 5.96. The second-order valence-corrected chi connectivity index (χ2v) is 5.73. The number of rotatable bonds is 6. The molecule has 2 atom stereocenters. The van der Waals surface area contributed by atoms with E-state index in [0.29, 0.717) is 25.4 Å². The molecule has 1 aliphatic heterocycles. The number of aliphatic hydroxyl groups is 1. The number of hydrogen-bond acceptors (Lipinski definition) is 4. The number of ether oxygens (including phenoxy) is 1. The van der Waals surface area contributed by atoms with E-state index in [-0.39, 0.29) is 17.8 Å². The fourth-order valence-electron chi connectivity index (χ4n) is 2.59. The van der Waals surface area contributed by atoms with Gasteiger partial charge in [-0.1, -0.05) is 13.0 Å². The Morgan fingerprint density at radius 2 is 2.29 bits per heavy atom. The maximum absolute atomic E-state index is 14.3. The molecule has 1 aliphatic rings. The summed E-state index contributed by atoms with van der Waals surface area (Å²) in [5.74, 6) is 0.0661. The average molecular weight is 296 g/mol. The van der Waals surface area contributed by atoms with E-state index >= 15 is 0 Å². The summed E-state index contributed by atoms with van der Waals surface area (Å²) in [6, 6.07) is 5.31. The summed E-state index contributed by atoms with van der Waals surface area (Å²) >= 11 is 0. The number of benzene rings is 1. The minimum absolute atomic E-state index is 0.220. The van der Waals surface area contributed by atoms with E-state index in [1.165, 1.54) is 0 Å². The first kappa shape index (κ1) is 16.2. The van der Waals surface area contributed by atoms with Gasteiger partial charge in [0.05, 0.1) is 18.4 Å². The number of anilines is 1. The number of hydrogen-bond donors (Lipinski definition) is 2. The van der Waals surface area contributed by atoms with Gasteiger partial charge in [0.15, 0.2) is 0 Å². The zero-order valence-corrected chi connectivity index (χ0v) is 12.8. The lowest BCUT2D eigenvalue weighted by molar-refractivity contribution is 0.102. The third-order valence-corrected chi connectivity index (χ3v) is 4.08. The fraction of sp³-hybridized carbons (Fsp3) is 0.625. The van der Waals surface area contributed by atoms with E-state index < -0.39 is 0 Å². The summed E-state index contributed by atoms with van der Waals surface area (Å²) in [6.07, 6.45) is 0.509. The van der Waals surface area contributed by atoms with Gasteiger partial charge in [-0.3, -0.25) is 0 Å². The molecule has 0 bridgehead atoms. The maximum atomic E-state index is 14.3.